The Balaban J connectivity index is 2.25. The fourth-order valence-electron chi connectivity index (χ4n) is 1.58. The second-order valence-electron chi connectivity index (χ2n) is 3.63. The largest absolute Gasteiger partial charge is 0.374 e. The summed E-state index contributed by atoms with van der Waals surface area (Å²) in [5, 5.41) is 9.78. The average molecular weight is 196 g/mol. The first-order valence-corrected chi connectivity index (χ1v) is 4.88. The van der Waals surface area contributed by atoms with E-state index < -0.39 is 5.60 Å². The summed E-state index contributed by atoms with van der Waals surface area (Å²) >= 11 is 0. The molecule has 0 amide bonds. The van der Waals surface area contributed by atoms with Gasteiger partial charge >= 0.3 is 0 Å². The van der Waals surface area contributed by atoms with E-state index in [1.165, 1.54) is 0 Å². The molecule has 1 aromatic rings. The van der Waals surface area contributed by atoms with Crippen LogP contribution in [0, 0.1) is 12.3 Å². The molecule has 1 aliphatic rings. The molecule has 1 aromatic carbocycles. The molecule has 0 saturated heterocycles. The van der Waals surface area contributed by atoms with Gasteiger partial charge in [-0.05, 0) is 17.2 Å². The quantitative estimate of drug-likeness (QED) is 0.684. The normalized spacial score (nSPS) is 24.4. The van der Waals surface area contributed by atoms with Gasteiger partial charge in [-0.15, -0.1) is 6.42 Å². The summed E-state index contributed by atoms with van der Waals surface area (Å²) in [6.07, 6.45) is 11.2. The predicted molar refractivity (Wildman–Crippen MR) is 62.0 cm³/mol. The van der Waals surface area contributed by atoms with Crippen molar-refractivity contribution in [1.29, 1.82) is 0 Å². The highest BCUT2D eigenvalue weighted by atomic mass is 16.3. The van der Waals surface area contributed by atoms with Crippen LogP contribution in [0.5, 0.6) is 0 Å². The van der Waals surface area contributed by atoms with Crippen molar-refractivity contribution in [2.24, 2.45) is 0 Å². The van der Waals surface area contributed by atoms with Crippen LogP contribution in [0.25, 0.3) is 5.57 Å². The van der Waals surface area contributed by atoms with Gasteiger partial charge in [-0.1, -0.05) is 48.4 Å². The lowest BCUT2D eigenvalue weighted by atomic mass is 9.90. The van der Waals surface area contributed by atoms with Crippen LogP contribution in [0.2, 0.25) is 0 Å². The van der Waals surface area contributed by atoms with Gasteiger partial charge in [0.2, 0.25) is 0 Å². The van der Waals surface area contributed by atoms with E-state index in [1.807, 2.05) is 42.5 Å². The van der Waals surface area contributed by atoms with Crippen LogP contribution in [0.4, 0.5) is 0 Å². The number of hydrogen-bond donors (Lipinski definition) is 1. The Morgan fingerprint density at radius 1 is 1.27 bits per heavy atom. The lowest BCUT2D eigenvalue weighted by Crippen LogP contribution is -2.23. The molecule has 1 nitrogen and oxygen atoms in total. The Morgan fingerprint density at radius 3 is 2.53 bits per heavy atom. The SMILES string of the molecule is C#CC1(O)C=CC(c2ccccc2)=CC1. The second-order valence-corrected chi connectivity index (χ2v) is 3.63. The zero-order valence-corrected chi connectivity index (χ0v) is 8.35. The van der Waals surface area contributed by atoms with Gasteiger partial charge in [0.05, 0.1) is 0 Å². The van der Waals surface area contributed by atoms with E-state index >= 15 is 0 Å². The first-order chi connectivity index (χ1) is 7.23. The Kier molecular flexibility index (Phi) is 2.45. The Morgan fingerprint density at radius 2 is 2.00 bits per heavy atom. The molecule has 0 heterocycles. The number of hydrogen-bond acceptors (Lipinski definition) is 1. The molecule has 15 heavy (non-hydrogen) atoms. The molecular formula is C14H12O. The molecule has 0 bridgehead atoms. The van der Waals surface area contributed by atoms with Crippen molar-refractivity contribution in [3.63, 3.8) is 0 Å². The maximum absolute atomic E-state index is 9.78. The van der Waals surface area contributed by atoms with E-state index in [-0.39, 0.29) is 0 Å². The molecule has 0 spiro atoms. The topological polar surface area (TPSA) is 20.2 Å². The zero-order valence-electron chi connectivity index (χ0n) is 8.35. The van der Waals surface area contributed by atoms with Crippen LogP contribution in [0.1, 0.15) is 12.0 Å². The fourth-order valence-corrected chi connectivity index (χ4v) is 1.58. The first kappa shape index (κ1) is 9.76. The third-order valence-corrected chi connectivity index (χ3v) is 2.53. The minimum absolute atomic E-state index is 0.476. The first-order valence-electron chi connectivity index (χ1n) is 4.88. The minimum atomic E-state index is -1.10. The van der Waals surface area contributed by atoms with Crippen LogP contribution in [-0.4, -0.2) is 10.7 Å². The van der Waals surface area contributed by atoms with E-state index in [1.54, 1.807) is 6.08 Å². The molecule has 1 heteroatoms. The Labute approximate surface area is 89.8 Å². The third kappa shape index (κ3) is 2.01. The smallest absolute Gasteiger partial charge is 0.147 e. The number of terminal acetylenes is 1. The Bertz CT molecular complexity index is 448. The standard InChI is InChI=1S/C14H12O/c1-2-14(15)10-8-13(9-11-14)12-6-4-3-5-7-12/h1,3-10,15H,11H2. The van der Waals surface area contributed by atoms with E-state index in [4.69, 9.17) is 6.42 Å². The summed E-state index contributed by atoms with van der Waals surface area (Å²) in [5.74, 6) is 2.38. The summed E-state index contributed by atoms with van der Waals surface area (Å²) < 4.78 is 0. The van der Waals surface area contributed by atoms with Gasteiger partial charge in [-0.2, -0.15) is 0 Å². The molecule has 0 aliphatic heterocycles. The molecule has 1 unspecified atom stereocenters. The molecule has 0 fully saturated rings. The van der Waals surface area contributed by atoms with Crippen LogP contribution in [0.3, 0.4) is 0 Å². The van der Waals surface area contributed by atoms with E-state index in [0.29, 0.717) is 6.42 Å². The number of rotatable bonds is 1. The molecule has 0 aromatic heterocycles. The molecule has 2 rings (SSSR count). The van der Waals surface area contributed by atoms with E-state index in [2.05, 4.69) is 5.92 Å². The monoisotopic (exact) mass is 196 g/mol. The van der Waals surface area contributed by atoms with Gasteiger partial charge in [-0.25, -0.2) is 0 Å². The summed E-state index contributed by atoms with van der Waals surface area (Å²) in [6, 6.07) is 10.0. The lowest BCUT2D eigenvalue weighted by molar-refractivity contribution is 0.156. The van der Waals surface area contributed by atoms with Crippen LogP contribution < -0.4 is 0 Å². The summed E-state index contributed by atoms with van der Waals surface area (Å²) in [6.45, 7) is 0. The fraction of sp³-hybridized carbons (Fsp3) is 0.143. The molecule has 74 valence electrons. The van der Waals surface area contributed by atoms with Crippen molar-refractivity contribution in [3.8, 4) is 12.3 Å². The van der Waals surface area contributed by atoms with Crippen LogP contribution >= 0.6 is 0 Å². The van der Waals surface area contributed by atoms with Crippen molar-refractivity contribution < 1.29 is 5.11 Å². The van der Waals surface area contributed by atoms with Gasteiger partial charge in [0.15, 0.2) is 0 Å². The van der Waals surface area contributed by atoms with Crippen molar-refractivity contribution in [2.45, 2.75) is 12.0 Å². The molecule has 1 aliphatic carbocycles. The van der Waals surface area contributed by atoms with Gasteiger partial charge in [0, 0.05) is 6.42 Å². The van der Waals surface area contributed by atoms with Crippen molar-refractivity contribution in [3.05, 3.63) is 54.1 Å². The van der Waals surface area contributed by atoms with E-state index in [0.717, 1.165) is 11.1 Å². The maximum Gasteiger partial charge on any atom is 0.147 e. The predicted octanol–water partition coefficient (Wildman–Crippen LogP) is 2.39. The highest BCUT2D eigenvalue weighted by Crippen LogP contribution is 2.25. The third-order valence-electron chi connectivity index (χ3n) is 2.53. The van der Waals surface area contributed by atoms with Gasteiger partial charge < -0.3 is 5.11 Å². The zero-order chi connectivity index (χ0) is 10.7. The van der Waals surface area contributed by atoms with Gasteiger partial charge in [0.1, 0.15) is 5.60 Å². The molecule has 1 atom stereocenters. The lowest BCUT2D eigenvalue weighted by Gasteiger charge is -2.20. The van der Waals surface area contributed by atoms with Crippen molar-refractivity contribution >= 4 is 5.57 Å². The van der Waals surface area contributed by atoms with Crippen molar-refractivity contribution in [2.75, 3.05) is 0 Å². The average Bonchev–Trinajstić information content (AvgIpc) is 2.31. The number of allylic oxidation sites excluding steroid dienone is 2. The molecule has 1 N–H and O–H groups in total. The highest BCUT2D eigenvalue weighted by Gasteiger charge is 2.21. The highest BCUT2D eigenvalue weighted by molar-refractivity contribution is 5.75. The second kappa shape index (κ2) is 3.76. The summed E-state index contributed by atoms with van der Waals surface area (Å²) in [4.78, 5) is 0. The van der Waals surface area contributed by atoms with E-state index in [9.17, 15) is 5.11 Å². The van der Waals surface area contributed by atoms with Crippen molar-refractivity contribution in [1.82, 2.24) is 0 Å². The van der Waals surface area contributed by atoms with Gasteiger partial charge in [0.25, 0.3) is 0 Å². The number of aliphatic hydroxyl groups is 1. The minimum Gasteiger partial charge on any atom is -0.374 e. The summed E-state index contributed by atoms with van der Waals surface area (Å²) in [7, 11) is 0. The Hall–Kier alpha value is -1.78. The number of benzene rings is 1. The molecule has 0 radical (unpaired) electrons. The van der Waals surface area contributed by atoms with Gasteiger partial charge in [-0.3, -0.25) is 0 Å². The maximum atomic E-state index is 9.78. The summed E-state index contributed by atoms with van der Waals surface area (Å²) in [5.41, 5.74) is 1.15. The van der Waals surface area contributed by atoms with Crippen LogP contribution in [-0.2, 0) is 0 Å². The van der Waals surface area contributed by atoms with Crippen LogP contribution in [0.15, 0.2) is 48.6 Å². The molecular weight excluding hydrogens is 184 g/mol. The molecule has 0 saturated carbocycles.